The second kappa shape index (κ2) is 4.75. The van der Waals surface area contributed by atoms with Gasteiger partial charge in [-0.15, -0.1) is 11.3 Å². The number of rotatable bonds is 2. The van der Waals surface area contributed by atoms with Crippen LogP contribution in [-0.4, -0.2) is 15.0 Å². The van der Waals surface area contributed by atoms with Crippen LogP contribution in [-0.2, 0) is 16.4 Å². The molecular weight excluding hydrogens is 360 g/mol. The Kier molecular flexibility index (Phi) is 3.30. The van der Waals surface area contributed by atoms with E-state index in [0.29, 0.717) is 22.8 Å². The van der Waals surface area contributed by atoms with Crippen LogP contribution in [0.5, 0.6) is 0 Å². The first-order valence-corrected chi connectivity index (χ1v) is 9.11. The van der Waals surface area contributed by atoms with Crippen LogP contribution in [0.25, 0.3) is 0 Å². The van der Waals surface area contributed by atoms with Crippen LogP contribution in [0, 0.1) is 6.92 Å². The van der Waals surface area contributed by atoms with Crippen molar-refractivity contribution in [3.8, 4) is 0 Å². The zero-order valence-corrected chi connectivity index (χ0v) is 14.0. The number of fused-ring (bicyclic) bond motifs is 1. The second-order valence-electron chi connectivity index (χ2n) is 4.69. The highest BCUT2D eigenvalue weighted by atomic mass is 79.9. The lowest BCUT2D eigenvalue weighted by atomic mass is 10.1. The lowest BCUT2D eigenvalue weighted by Crippen LogP contribution is -2.29. The van der Waals surface area contributed by atoms with E-state index in [4.69, 9.17) is 5.73 Å². The van der Waals surface area contributed by atoms with Gasteiger partial charge in [-0.2, -0.15) is 0 Å². The number of nitrogens with two attached hydrogens (primary N) is 1. The van der Waals surface area contributed by atoms with Gasteiger partial charge in [0.05, 0.1) is 9.47 Å². The Morgan fingerprint density at radius 3 is 2.75 bits per heavy atom. The number of thiophene rings is 1. The van der Waals surface area contributed by atoms with E-state index in [1.165, 1.54) is 15.6 Å². The summed E-state index contributed by atoms with van der Waals surface area (Å²) in [7, 11) is -3.52. The summed E-state index contributed by atoms with van der Waals surface area (Å²) in [6.45, 7) is 2.28. The molecule has 106 valence electrons. The van der Waals surface area contributed by atoms with Crippen LogP contribution >= 0.6 is 27.3 Å². The van der Waals surface area contributed by atoms with Crippen LogP contribution < -0.4 is 10.0 Å². The van der Waals surface area contributed by atoms with Crippen LogP contribution in [0.15, 0.2) is 32.9 Å². The molecule has 0 bridgehead atoms. The first-order valence-electron chi connectivity index (χ1n) is 6.06. The number of hydrogen-bond acceptors (Lipinski definition) is 4. The minimum absolute atomic E-state index is 0.365. The normalized spacial score (nSPS) is 14.6. The molecule has 1 aromatic carbocycles. The lowest BCUT2D eigenvalue weighted by molar-refractivity contribution is 0.592. The number of anilines is 2. The first-order chi connectivity index (χ1) is 9.39. The van der Waals surface area contributed by atoms with E-state index in [0.717, 1.165) is 20.6 Å². The highest BCUT2D eigenvalue weighted by Gasteiger charge is 2.32. The van der Waals surface area contributed by atoms with Gasteiger partial charge < -0.3 is 5.73 Å². The summed E-state index contributed by atoms with van der Waals surface area (Å²) in [6, 6.07) is 7.11. The standard InChI is InChI=1S/C13H13BrN2O2S2/c1-8-12(7-13(14)19-8)20(17,18)16-5-4-9-2-3-10(15)6-11(9)16/h2-3,6-7H,4-5,15H2,1H3. The van der Waals surface area contributed by atoms with Crippen molar-refractivity contribution in [1.29, 1.82) is 0 Å². The van der Waals surface area contributed by atoms with Crippen LogP contribution in [0.1, 0.15) is 10.4 Å². The molecule has 2 heterocycles. The summed E-state index contributed by atoms with van der Waals surface area (Å²) in [5.41, 5.74) is 8.08. The Morgan fingerprint density at radius 2 is 2.10 bits per heavy atom. The smallest absolute Gasteiger partial charge is 0.265 e. The molecule has 2 N–H and O–H groups in total. The topological polar surface area (TPSA) is 63.4 Å². The van der Waals surface area contributed by atoms with Crippen LogP contribution in [0.4, 0.5) is 11.4 Å². The molecule has 0 amide bonds. The first kappa shape index (κ1) is 13.9. The number of hydrogen-bond donors (Lipinski definition) is 1. The Morgan fingerprint density at radius 1 is 1.35 bits per heavy atom. The van der Waals surface area contributed by atoms with Crippen molar-refractivity contribution < 1.29 is 8.42 Å². The van der Waals surface area contributed by atoms with Crippen molar-refractivity contribution in [2.75, 3.05) is 16.6 Å². The van der Waals surface area contributed by atoms with Gasteiger partial charge in [-0.25, -0.2) is 8.42 Å². The summed E-state index contributed by atoms with van der Waals surface area (Å²) >= 11 is 4.77. The molecule has 0 spiro atoms. The molecule has 0 aliphatic carbocycles. The molecule has 1 aliphatic heterocycles. The average molecular weight is 373 g/mol. The van der Waals surface area contributed by atoms with Crippen LogP contribution in [0.2, 0.25) is 0 Å². The van der Waals surface area contributed by atoms with E-state index in [-0.39, 0.29) is 0 Å². The maximum Gasteiger partial charge on any atom is 0.265 e. The van der Waals surface area contributed by atoms with Crippen molar-refractivity contribution in [3.05, 3.63) is 38.5 Å². The van der Waals surface area contributed by atoms with Crippen molar-refractivity contribution in [3.63, 3.8) is 0 Å². The Bertz CT molecular complexity index is 784. The maximum atomic E-state index is 12.8. The molecule has 0 unspecified atom stereocenters. The summed E-state index contributed by atoms with van der Waals surface area (Å²) in [5.74, 6) is 0. The van der Waals surface area contributed by atoms with E-state index < -0.39 is 10.0 Å². The molecule has 0 saturated carbocycles. The van der Waals surface area contributed by atoms with E-state index in [2.05, 4.69) is 15.9 Å². The summed E-state index contributed by atoms with van der Waals surface area (Å²) in [6.07, 6.45) is 0.721. The minimum Gasteiger partial charge on any atom is -0.399 e. The monoisotopic (exact) mass is 372 g/mol. The molecule has 4 nitrogen and oxygen atoms in total. The fraction of sp³-hybridized carbons (Fsp3) is 0.231. The molecule has 0 radical (unpaired) electrons. The largest absolute Gasteiger partial charge is 0.399 e. The zero-order valence-electron chi connectivity index (χ0n) is 10.8. The number of aryl methyl sites for hydroxylation is 1. The van der Waals surface area contributed by atoms with Crippen molar-refractivity contribution in [1.82, 2.24) is 0 Å². The predicted molar refractivity (Wildman–Crippen MR) is 85.8 cm³/mol. The SMILES string of the molecule is Cc1sc(Br)cc1S(=O)(=O)N1CCc2ccc(N)cc21. The van der Waals surface area contributed by atoms with Gasteiger partial charge in [-0.1, -0.05) is 6.07 Å². The van der Waals surface area contributed by atoms with Gasteiger partial charge >= 0.3 is 0 Å². The van der Waals surface area contributed by atoms with Gasteiger partial charge in [0.25, 0.3) is 10.0 Å². The molecular formula is C13H13BrN2O2S2. The number of halogens is 1. The lowest BCUT2D eigenvalue weighted by Gasteiger charge is -2.19. The number of nitrogen functional groups attached to an aromatic ring is 1. The molecule has 1 aromatic heterocycles. The molecule has 1 aliphatic rings. The van der Waals surface area contributed by atoms with Crippen molar-refractivity contribution in [2.45, 2.75) is 18.2 Å². The third-order valence-corrected chi connectivity index (χ3v) is 6.99. The molecule has 20 heavy (non-hydrogen) atoms. The average Bonchev–Trinajstić information content (AvgIpc) is 2.92. The Labute approximate surface area is 130 Å². The number of sulfonamides is 1. The van der Waals surface area contributed by atoms with E-state index >= 15 is 0 Å². The third kappa shape index (κ3) is 2.13. The summed E-state index contributed by atoms with van der Waals surface area (Å²) < 4.78 is 27.9. The minimum atomic E-state index is -3.52. The van der Waals surface area contributed by atoms with Gasteiger partial charge in [0.1, 0.15) is 4.90 Å². The maximum absolute atomic E-state index is 12.8. The molecule has 0 fully saturated rings. The van der Waals surface area contributed by atoms with Crippen molar-refractivity contribution >= 4 is 48.7 Å². The molecule has 3 rings (SSSR count). The number of benzene rings is 1. The fourth-order valence-corrected chi connectivity index (χ4v) is 6.30. The molecule has 0 atom stereocenters. The van der Waals surface area contributed by atoms with E-state index in [1.54, 1.807) is 18.2 Å². The van der Waals surface area contributed by atoms with Gasteiger partial charge in [0, 0.05) is 17.1 Å². The zero-order chi connectivity index (χ0) is 14.5. The van der Waals surface area contributed by atoms with E-state index in [1.807, 2.05) is 13.0 Å². The quantitative estimate of drug-likeness (QED) is 0.823. The second-order valence-corrected chi connectivity index (χ2v) is 9.15. The third-order valence-electron chi connectivity index (χ3n) is 3.37. The Hall–Kier alpha value is -1.05. The summed E-state index contributed by atoms with van der Waals surface area (Å²) in [5, 5.41) is 0. The van der Waals surface area contributed by atoms with Gasteiger partial charge in [0.2, 0.25) is 0 Å². The fourth-order valence-electron chi connectivity index (χ4n) is 2.42. The predicted octanol–water partition coefficient (Wildman–Crippen LogP) is 3.15. The van der Waals surface area contributed by atoms with Gasteiger partial charge in [-0.05, 0) is 53.0 Å². The highest BCUT2D eigenvalue weighted by molar-refractivity contribution is 9.11. The van der Waals surface area contributed by atoms with Gasteiger partial charge in [0.15, 0.2) is 0 Å². The van der Waals surface area contributed by atoms with E-state index in [9.17, 15) is 8.42 Å². The van der Waals surface area contributed by atoms with Crippen LogP contribution in [0.3, 0.4) is 0 Å². The molecule has 0 saturated heterocycles. The molecule has 2 aromatic rings. The summed E-state index contributed by atoms with van der Waals surface area (Å²) in [4.78, 5) is 1.15. The number of nitrogens with zero attached hydrogens (tertiary/aromatic N) is 1. The molecule has 7 heteroatoms. The highest BCUT2D eigenvalue weighted by Crippen LogP contribution is 2.37. The Balaban J connectivity index is 2.11. The van der Waals surface area contributed by atoms with Crippen molar-refractivity contribution in [2.24, 2.45) is 0 Å². The van der Waals surface area contributed by atoms with Gasteiger partial charge in [-0.3, -0.25) is 4.31 Å².